The van der Waals surface area contributed by atoms with Crippen LogP contribution in [-0.2, 0) is 4.74 Å². The molecule has 1 heterocycles. The zero-order valence-electron chi connectivity index (χ0n) is 16.1. The predicted molar refractivity (Wildman–Crippen MR) is 94.4 cm³/mol. The first-order valence-corrected chi connectivity index (χ1v) is 9.30. The van der Waals surface area contributed by atoms with E-state index in [0.29, 0.717) is 23.9 Å². The number of carbonyl (C=O) groups excluding carboxylic acids is 1. The molecule has 2 atom stereocenters. The molecular weight excluding hydrogens is 288 g/mol. The number of nitrogens with one attached hydrogen (secondary N) is 1. The Bertz CT molecular complexity index is 392. The Morgan fingerprint density at radius 3 is 1.96 bits per heavy atom. The van der Waals surface area contributed by atoms with E-state index in [0.717, 1.165) is 24.9 Å². The Morgan fingerprint density at radius 1 is 1.09 bits per heavy atom. The summed E-state index contributed by atoms with van der Waals surface area (Å²) in [6.45, 7) is 16.7. The van der Waals surface area contributed by atoms with Gasteiger partial charge in [0.25, 0.3) is 0 Å². The smallest absolute Gasteiger partial charge is 0.410 e. The first-order chi connectivity index (χ1) is 10.6. The average Bonchev–Trinajstić information content (AvgIpc) is 2.80. The number of fused-ring (bicyclic) bond motifs is 1. The molecule has 134 valence electrons. The molecule has 1 saturated heterocycles. The van der Waals surface area contributed by atoms with E-state index in [4.69, 9.17) is 4.74 Å². The quantitative estimate of drug-likeness (QED) is 0.805. The van der Waals surface area contributed by atoms with Gasteiger partial charge in [-0.05, 0) is 57.3 Å². The van der Waals surface area contributed by atoms with Crippen LogP contribution in [0.2, 0.25) is 0 Å². The molecule has 0 spiro atoms. The highest BCUT2D eigenvalue weighted by Crippen LogP contribution is 2.46. The van der Waals surface area contributed by atoms with E-state index in [1.54, 1.807) is 0 Å². The van der Waals surface area contributed by atoms with Crippen molar-refractivity contribution in [2.45, 2.75) is 79.0 Å². The van der Waals surface area contributed by atoms with Crippen molar-refractivity contribution in [1.82, 2.24) is 10.2 Å². The van der Waals surface area contributed by atoms with Gasteiger partial charge in [0, 0.05) is 25.2 Å². The summed E-state index contributed by atoms with van der Waals surface area (Å²) in [7, 11) is 0. The van der Waals surface area contributed by atoms with Crippen LogP contribution in [0, 0.1) is 23.7 Å². The Balaban J connectivity index is 1.79. The zero-order valence-corrected chi connectivity index (χ0v) is 16.1. The van der Waals surface area contributed by atoms with Crippen molar-refractivity contribution in [3.8, 4) is 0 Å². The molecule has 2 unspecified atom stereocenters. The number of ether oxygens (including phenoxy) is 1. The van der Waals surface area contributed by atoms with Crippen molar-refractivity contribution >= 4 is 6.09 Å². The predicted octanol–water partition coefficient (Wildman–Crippen LogP) is 3.90. The molecule has 4 nitrogen and oxygen atoms in total. The van der Waals surface area contributed by atoms with Gasteiger partial charge >= 0.3 is 6.09 Å². The summed E-state index contributed by atoms with van der Waals surface area (Å²) in [6, 6.07) is 1.22. The van der Waals surface area contributed by atoms with E-state index in [2.05, 4.69) is 33.0 Å². The fourth-order valence-corrected chi connectivity index (χ4v) is 3.89. The maximum atomic E-state index is 12.1. The highest BCUT2D eigenvalue weighted by Gasteiger charge is 2.57. The Morgan fingerprint density at radius 2 is 1.57 bits per heavy atom. The molecule has 1 aliphatic heterocycles. The SMILES string of the molecule is CC(C)CC(CC(C)C)NC1C2CN(C(=O)OC(C)(C)C)CC21. The molecule has 0 aromatic carbocycles. The third-order valence-corrected chi connectivity index (χ3v) is 4.79. The molecule has 1 saturated carbocycles. The molecule has 2 aliphatic rings. The molecule has 23 heavy (non-hydrogen) atoms. The molecule has 0 bridgehead atoms. The lowest BCUT2D eigenvalue weighted by atomic mass is 9.95. The van der Waals surface area contributed by atoms with Crippen LogP contribution < -0.4 is 5.32 Å². The monoisotopic (exact) mass is 324 g/mol. The summed E-state index contributed by atoms with van der Waals surface area (Å²) >= 11 is 0. The van der Waals surface area contributed by atoms with Crippen molar-refractivity contribution in [2.75, 3.05) is 13.1 Å². The van der Waals surface area contributed by atoms with E-state index in [-0.39, 0.29) is 6.09 Å². The summed E-state index contributed by atoms with van der Waals surface area (Å²) in [6.07, 6.45) is 2.33. The average molecular weight is 325 g/mol. The van der Waals surface area contributed by atoms with Crippen molar-refractivity contribution in [3.63, 3.8) is 0 Å². The second-order valence-corrected chi connectivity index (χ2v) is 9.36. The van der Waals surface area contributed by atoms with Crippen molar-refractivity contribution in [3.05, 3.63) is 0 Å². The number of amides is 1. The second kappa shape index (κ2) is 7.00. The topological polar surface area (TPSA) is 41.6 Å². The van der Waals surface area contributed by atoms with Crippen molar-refractivity contribution in [2.24, 2.45) is 23.7 Å². The van der Waals surface area contributed by atoms with Gasteiger partial charge in [-0.1, -0.05) is 27.7 Å². The molecule has 0 aromatic rings. The van der Waals surface area contributed by atoms with Gasteiger partial charge in [0.05, 0.1) is 0 Å². The minimum atomic E-state index is -0.402. The van der Waals surface area contributed by atoms with Gasteiger partial charge in [-0.25, -0.2) is 4.79 Å². The first-order valence-electron chi connectivity index (χ1n) is 9.30. The van der Waals surface area contributed by atoms with Gasteiger partial charge in [-0.15, -0.1) is 0 Å². The fourth-order valence-electron chi connectivity index (χ4n) is 3.89. The maximum absolute atomic E-state index is 12.1. The summed E-state index contributed by atoms with van der Waals surface area (Å²) < 4.78 is 5.48. The highest BCUT2D eigenvalue weighted by molar-refractivity contribution is 5.69. The number of nitrogens with zero attached hydrogens (tertiary/aromatic N) is 1. The molecule has 0 aromatic heterocycles. The normalized spacial score (nSPS) is 27.0. The molecule has 2 rings (SSSR count). The van der Waals surface area contributed by atoms with Crippen molar-refractivity contribution < 1.29 is 9.53 Å². The molecule has 4 heteroatoms. The Kier molecular flexibility index (Phi) is 5.65. The number of hydrogen-bond acceptors (Lipinski definition) is 3. The van der Waals surface area contributed by atoms with Crippen molar-refractivity contribution in [1.29, 1.82) is 0 Å². The van der Waals surface area contributed by atoms with Gasteiger partial charge in [0.1, 0.15) is 5.60 Å². The molecule has 1 amide bonds. The van der Waals surface area contributed by atoms with Gasteiger partial charge < -0.3 is 15.0 Å². The van der Waals surface area contributed by atoms with Crippen LogP contribution >= 0.6 is 0 Å². The van der Waals surface area contributed by atoms with E-state index < -0.39 is 5.60 Å². The summed E-state index contributed by atoms with van der Waals surface area (Å²) in [4.78, 5) is 14.0. The lowest BCUT2D eigenvalue weighted by Gasteiger charge is -2.27. The van der Waals surface area contributed by atoms with Gasteiger partial charge in [-0.2, -0.15) is 0 Å². The van der Waals surface area contributed by atoms with E-state index in [9.17, 15) is 4.79 Å². The molecule has 1 aliphatic carbocycles. The molecule has 0 radical (unpaired) electrons. The lowest BCUT2D eigenvalue weighted by molar-refractivity contribution is 0.0268. The zero-order chi connectivity index (χ0) is 17.4. The third-order valence-electron chi connectivity index (χ3n) is 4.79. The summed E-state index contributed by atoms with van der Waals surface area (Å²) in [5, 5.41) is 3.88. The van der Waals surface area contributed by atoms with Crippen LogP contribution in [0.5, 0.6) is 0 Å². The van der Waals surface area contributed by atoms with Gasteiger partial charge in [-0.3, -0.25) is 0 Å². The van der Waals surface area contributed by atoms with Crippen LogP contribution in [0.25, 0.3) is 0 Å². The molecule has 1 N–H and O–H groups in total. The number of likely N-dealkylation sites (tertiary alicyclic amines) is 1. The van der Waals surface area contributed by atoms with Crippen LogP contribution in [0.15, 0.2) is 0 Å². The number of carbonyl (C=O) groups is 1. The Labute approximate surface area is 142 Å². The molecular formula is C19H36N2O2. The van der Waals surface area contributed by atoms with Gasteiger partial charge in [0.2, 0.25) is 0 Å². The van der Waals surface area contributed by atoms with E-state index in [1.807, 2.05) is 25.7 Å². The second-order valence-electron chi connectivity index (χ2n) is 9.36. The minimum Gasteiger partial charge on any atom is -0.444 e. The standard InChI is InChI=1S/C19H36N2O2/c1-12(2)8-14(9-13(3)4)20-17-15-10-21(11-16(15)17)18(22)23-19(5,6)7/h12-17,20H,8-11H2,1-7H3. The van der Waals surface area contributed by atoms with Crippen LogP contribution in [0.3, 0.4) is 0 Å². The minimum absolute atomic E-state index is 0.149. The van der Waals surface area contributed by atoms with Gasteiger partial charge in [0.15, 0.2) is 0 Å². The largest absolute Gasteiger partial charge is 0.444 e. The highest BCUT2D eigenvalue weighted by atomic mass is 16.6. The Hall–Kier alpha value is -0.770. The summed E-state index contributed by atoms with van der Waals surface area (Å²) in [5.41, 5.74) is -0.402. The number of piperidine rings is 1. The fraction of sp³-hybridized carbons (Fsp3) is 0.947. The first kappa shape index (κ1) is 18.6. The number of rotatable bonds is 6. The van der Waals surface area contributed by atoms with E-state index in [1.165, 1.54) is 12.8 Å². The van der Waals surface area contributed by atoms with Crippen LogP contribution in [-0.4, -0.2) is 41.8 Å². The maximum Gasteiger partial charge on any atom is 0.410 e. The van der Waals surface area contributed by atoms with E-state index >= 15 is 0 Å². The number of hydrogen-bond donors (Lipinski definition) is 1. The molecule has 2 fully saturated rings. The lowest BCUT2D eigenvalue weighted by Crippen LogP contribution is -2.41. The summed E-state index contributed by atoms with van der Waals surface area (Å²) in [5.74, 6) is 2.71. The van der Waals surface area contributed by atoms with Crippen LogP contribution in [0.4, 0.5) is 4.79 Å². The third kappa shape index (κ3) is 5.37. The van der Waals surface area contributed by atoms with Crippen LogP contribution in [0.1, 0.15) is 61.3 Å².